The van der Waals surface area contributed by atoms with Gasteiger partial charge in [0, 0.05) is 16.8 Å². The van der Waals surface area contributed by atoms with E-state index >= 15 is 0 Å². The Labute approximate surface area is 106 Å². The van der Waals surface area contributed by atoms with Crippen LogP contribution in [-0.2, 0) is 11.8 Å². The van der Waals surface area contributed by atoms with Crippen molar-refractivity contribution in [3.05, 3.63) is 58.3 Å². The third-order valence-electron chi connectivity index (χ3n) is 3.17. The number of rotatable bonds is 5. The van der Waals surface area contributed by atoms with E-state index in [1.807, 2.05) is 36.4 Å². The summed E-state index contributed by atoms with van der Waals surface area (Å²) in [6.07, 6.45) is 0.793. The molecule has 0 aliphatic carbocycles. The van der Waals surface area contributed by atoms with Crippen LogP contribution < -0.4 is 5.73 Å². The van der Waals surface area contributed by atoms with Gasteiger partial charge in [-0.25, -0.2) is 0 Å². The summed E-state index contributed by atoms with van der Waals surface area (Å²) in [5.41, 5.74) is 6.67. The molecule has 0 spiro atoms. The smallest absolute Gasteiger partial charge is 0.0543 e. The second-order valence-electron chi connectivity index (χ2n) is 4.26. The van der Waals surface area contributed by atoms with Gasteiger partial charge in [0.15, 0.2) is 0 Å². The van der Waals surface area contributed by atoms with Crippen molar-refractivity contribution in [1.82, 2.24) is 0 Å². The van der Waals surface area contributed by atoms with Gasteiger partial charge in [0.2, 0.25) is 0 Å². The van der Waals surface area contributed by atoms with Crippen LogP contribution in [0.5, 0.6) is 0 Å². The molecule has 0 amide bonds. The van der Waals surface area contributed by atoms with Crippen molar-refractivity contribution in [3.8, 4) is 0 Å². The number of hydrogen-bond donors (Lipinski definition) is 2. The van der Waals surface area contributed by atoms with Gasteiger partial charge in [-0.15, -0.1) is 11.3 Å². The van der Waals surface area contributed by atoms with Crippen molar-refractivity contribution < 1.29 is 5.11 Å². The number of aliphatic hydroxyl groups is 1. The highest BCUT2D eigenvalue weighted by Gasteiger charge is 2.30. The summed E-state index contributed by atoms with van der Waals surface area (Å²) < 4.78 is 0. The minimum atomic E-state index is -0.355. The van der Waals surface area contributed by atoms with Crippen LogP contribution in [0.4, 0.5) is 0 Å². The summed E-state index contributed by atoms with van der Waals surface area (Å²) in [4.78, 5) is 1.26. The lowest BCUT2D eigenvalue weighted by Gasteiger charge is -2.30. The molecule has 2 nitrogen and oxygen atoms in total. The Morgan fingerprint density at radius 2 is 1.88 bits per heavy atom. The lowest BCUT2D eigenvalue weighted by Crippen LogP contribution is -2.40. The molecular formula is C14H17NOS. The van der Waals surface area contributed by atoms with Crippen molar-refractivity contribution >= 4 is 11.3 Å². The van der Waals surface area contributed by atoms with Crippen molar-refractivity contribution in [2.75, 3.05) is 13.2 Å². The summed E-state index contributed by atoms with van der Waals surface area (Å²) in [7, 11) is 0. The number of thiophene rings is 1. The molecule has 1 aromatic carbocycles. The van der Waals surface area contributed by atoms with E-state index in [0.717, 1.165) is 12.0 Å². The van der Waals surface area contributed by atoms with Gasteiger partial charge in [-0.3, -0.25) is 0 Å². The highest BCUT2D eigenvalue weighted by atomic mass is 32.1. The van der Waals surface area contributed by atoms with E-state index in [2.05, 4.69) is 11.4 Å². The maximum atomic E-state index is 9.75. The number of hydrogen-bond acceptors (Lipinski definition) is 3. The van der Waals surface area contributed by atoms with Crippen molar-refractivity contribution in [2.24, 2.45) is 5.73 Å². The summed E-state index contributed by atoms with van der Waals surface area (Å²) in [5.74, 6) is 0. The molecule has 17 heavy (non-hydrogen) atoms. The molecule has 3 heteroatoms. The quantitative estimate of drug-likeness (QED) is 0.850. The molecule has 0 saturated heterocycles. The van der Waals surface area contributed by atoms with E-state index in [1.54, 1.807) is 11.3 Å². The van der Waals surface area contributed by atoms with Gasteiger partial charge in [0.1, 0.15) is 0 Å². The van der Waals surface area contributed by atoms with E-state index in [9.17, 15) is 5.11 Å². The first-order valence-corrected chi connectivity index (χ1v) is 6.57. The van der Waals surface area contributed by atoms with E-state index in [4.69, 9.17) is 5.73 Å². The second-order valence-corrected chi connectivity index (χ2v) is 5.30. The van der Waals surface area contributed by atoms with Crippen molar-refractivity contribution in [1.29, 1.82) is 0 Å². The molecular weight excluding hydrogens is 230 g/mol. The Kier molecular flexibility index (Phi) is 3.94. The summed E-state index contributed by atoms with van der Waals surface area (Å²) in [6.45, 7) is 0.525. The number of benzene rings is 1. The van der Waals surface area contributed by atoms with Crippen molar-refractivity contribution in [2.45, 2.75) is 11.8 Å². The Morgan fingerprint density at radius 3 is 2.41 bits per heavy atom. The van der Waals surface area contributed by atoms with Gasteiger partial charge in [0.05, 0.1) is 6.61 Å². The number of nitrogens with two attached hydrogens (primary N) is 1. The van der Waals surface area contributed by atoms with Gasteiger partial charge >= 0.3 is 0 Å². The molecule has 0 saturated carbocycles. The fourth-order valence-corrected chi connectivity index (χ4v) is 2.89. The third-order valence-corrected chi connectivity index (χ3v) is 4.05. The molecule has 2 rings (SSSR count). The minimum Gasteiger partial charge on any atom is -0.395 e. The Bertz CT molecular complexity index is 435. The molecule has 0 aliphatic heterocycles. The standard InChI is InChI=1S/C14H17NOS/c15-10-14(11-16,9-13-7-4-8-17-13)12-5-2-1-3-6-12/h1-8,16H,9-11,15H2. The summed E-state index contributed by atoms with van der Waals surface area (Å²) in [6, 6.07) is 14.2. The molecule has 1 heterocycles. The molecule has 0 fully saturated rings. The van der Waals surface area contributed by atoms with Crippen LogP contribution in [-0.4, -0.2) is 18.3 Å². The monoisotopic (exact) mass is 247 g/mol. The van der Waals surface area contributed by atoms with Crippen LogP contribution in [0.2, 0.25) is 0 Å². The van der Waals surface area contributed by atoms with Crippen LogP contribution >= 0.6 is 11.3 Å². The lowest BCUT2D eigenvalue weighted by molar-refractivity contribution is 0.197. The van der Waals surface area contributed by atoms with E-state index in [1.165, 1.54) is 4.88 Å². The molecule has 2 aromatic rings. The zero-order valence-electron chi connectivity index (χ0n) is 9.67. The average molecular weight is 247 g/mol. The SMILES string of the molecule is NCC(CO)(Cc1cccs1)c1ccccc1. The molecule has 0 radical (unpaired) electrons. The van der Waals surface area contributed by atoms with Gasteiger partial charge < -0.3 is 10.8 Å². The maximum absolute atomic E-state index is 9.75. The van der Waals surface area contributed by atoms with Gasteiger partial charge in [0.25, 0.3) is 0 Å². The molecule has 0 bridgehead atoms. The largest absolute Gasteiger partial charge is 0.395 e. The summed E-state index contributed by atoms with van der Waals surface area (Å²) in [5, 5.41) is 11.8. The third kappa shape index (κ3) is 2.57. The molecule has 3 N–H and O–H groups in total. The van der Waals surface area contributed by atoms with Gasteiger partial charge in [-0.1, -0.05) is 36.4 Å². The first-order chi connectivity index (χ1) is 8.30. The molecule has 90 valence electrons. The fourth-order valence-electron chi connectivity index (χ4n) is 2.04. The highest BCUT2D eigenvalue weighted by Crippen LogP contribution is 2.28. The van der Waals surface area contributed by atoms with Crippen LogP contribution in [0.15, 0.2) is 47.8 Å². The predicted octanol–water partition coefficient (Wildman–Crippen LogP) is 2.18. The number of aliphatic hydroxyl groups excluding tert-OH is 1. The topological polar surface area (TPSA) is 46.2 Å². The average Bonchev–Trinajstić information content (AvgIpc) is 2.90. The van der Waals surface area contributed by atoms with E-state index in [0.29, 0.717) is 6.54 Å². The highest BCUT2D eigenvalue weighted by molar-refractivity contribution is 7.09. The predicted molar refractivity (Wildman–Crippen MR) is 72.3 cm³/mol. The molecule has 1 atom stereocenters. The molecule has 0 aliphatic rings. The second kappa shape index (κ2) is 5.45. The maximum Gasteiger partial charge on any atom is 0.0543 e. The minimum absolute atomic E-state index is 0.0748. The van der Waals surface area contributed by atoms with E-state index < -0.39 is 0 Å². The van der Waals surface area contributed by atoms with Gasteiger partial charge in [-0.2, -0.15) is 0 Å². The van der Waals surface area contributed by atoms with Crippen molar-refractivity contribution in [3.63, 3.8) is 0 Å². The Hall–Kier alpha value is -1.16. The molecule has 1 unspecified atom stereocenters. The first-order valence-electron chi connectivity index (χ1n) is 5.69. The molecule has 1 aromatic heterocycles. The van der Waals surface area contributed by atoms with E-state index in [-0.39, 0.29) is 12.0 Å². The van der Waals surface area contributed by atoms with Crippen LogP contribution in [0.25, 0.3) is 0 Å². The van der Waals surface area contributed by atoms with Gasteiger partial charge in [-0.05, 0) is 23.4 Å². The first kappa shape index (κ1) is 12.3. The summed E-state index contributed by atoms with van der Waals surface area (Å²) >= 11 is 1.71. The van der Waals surface area contributed by atoms with Crippen LogP contribution in [0.3, 0.4) is 0 Å². The Morgan fingerprint density at radius 1 is 1.12 bits per heavy atom. The lowest BCUT2D eigenvalue weighted by atomic mass is 9.78. The normalized spacial score (nSPS) is 14.5. The zero-order valence-corrected chi connectivity index (χ0v) is 10.5. The zero-order chi connectivity index (χ0) is 12.1. The fraction of sp³-hybridized carbons (Fsp3) is 0.286. The van der Waals surface area contributed by atoms with Crippen LogP contribution in [0.1, 0.15) is 10.4 Å². The Balaban J connectivity index is 2.32. The van der Waals surface area contributed by atoms with Crippen LogP contribution in [0, 0.1) is 0 Å².